The third kappa shape index (κ3) is 4.58. The van der Waals surface area contributed by atoms with E-state index in [2.05, 4.69) is 10.2 Å². The molecule has 7 heteroatoms. The Kier molecular flexibility index (Phi) is 6.71. The average Bonchev–Trinajstić information content (AvgIpc) is 2.86. The standard InChI is InChI=1S/C29H29ClN2O4/c1-17-9-12-19(13-10-17)31-26(35)16-36-25-14-11-18(15-20(25)30)27-28-21(5-3-7-23(28)33)32(2)22-6-4-8-24(34)29(22)27/h9-15,27H,3-8,16H2,1-2H3,(H,31,35). The van der Waals surface area contributed by atoms with E-state index in [1.807, 2.05) is 44.3 Å². The van der Waals surface area contributed by atoms with Crippen LogP contribution in [-0.2, 0) is 14.4 Å². The van der Waals surface area contributed by atoms with Crippen molar-refractivity contribution < 1.29 is 19.1 Å². The van der Waals surface area contributed by atoms with Gasteiger partial charge in [0.2, 0.25) is 0 Å². The molecule has 0 atom stereocenters. The van der Waals surface area contributed by atoms with Gasteiger partial charge < -0.3 is 15.0 Å². The molecule has 3 aliphatic rings. The van der Waals surface area contributed by atoms with Crippen LogP contribution in [0.2, 0.25) is 5.02 Å². The van der Waals surface area contributed by atoms with Gasteiger partial charge in [0.05, 0.1) is 5.02 Å². The van der Waals surface area contributed by atoms with E-state index < -0.39 is 5.92 Å². The third-order valence-corrected chi connectivity index (χ3v) is 7.52. The number of rotatable bonds is 5. The van der Waals surface area contributed by atoms with Crippen molar-refractivity contribution in [2.75, 3.05) is 19.0 Å². The van der Waals surface area contributed by atoms with E-state index in [0.717, 1.165) is 59.4 Å². The van der Waals surface area contributed by atoms with Gasteiger partial charge in [-0.1, -0.05) is 35.4 Å². The van der Waals surface area contributed by atoms with Gasteiger partial charge in [0.25, 0.3) is 5.91 Å². The van der Waals surface area contributed by atoms with Gasteiger partial charge in [0, 0.05) is 54.0 Å². The molecule has 1 aliphatic heterocycles. The van der Waals surface area contributed by atoms with Crippen molar-refractivity contribution in [3.8, 4) is 5.75 Å². The highest BCUT2D eigenvalue weighted by Gasteiger charge is 2.42. The quantitative estimate of drug-likeness (QED) is 0.564. The van der Waals surface area contributed by atoms with Crippen LogP contribution in [0, 0.1) is 6.92 Å². The summed E-state index contributed by atoms with van der Waals surface area (Å²) in [7, 11) is 1.98. The average molecular weight is 505 g/mol. The number of benzene rings is 2. The van der Waals surface area contributed by atoms with Crippen LogP contribution < -0.4 is 10.1 Å². The van der Waals surface area contributed by atoms with Crippen molar-refractivity contribution in [2.45, 2.75) is 51.4 Å². The molecule has 1 amide bonds. The van der Waals surface area contributed by atoms with Gasteiger partial charge in [0.1, 0.15) is 5.75 Å². The zero-order valence-corrected chi connectivity index (χ0v) is 21.3. The van der Waals surface area contributed by atoms with Crippen LogP contribution in [0.25, 0.3) is 0 Å². The van der Waals surface area contributed by atoms with Crippen LogP contribution in [0.15, 0.2) is 65.0 Å². The van der Waals surface area contributed by atoms with E-state index in [4.69, 9.17) is 16.3 Å². The largest absolute Gasteiger partial charge is 0.482 e. The Balaban J connectivity index is 1.40. The molecule has 2 aromatic rings. The Hall–Kier alpha value is -3.38. The van der Waals surface area contributed by atoms with Crippen LogP contribution in [0.3, 0.4) is 0 Å². The molecule has 0 saturated carbocycles. The number of Topliss-reactive ketones (excluding diaryl/α,β-unsaturated/α-hetero) is 2. The summed E-state index contributed by atoms with van der Waals surface area (Å²) in [6.45, 7) is 1.79. The minimum absolute atomic E-state index is 0.0993. The van der Waals surface area contributed by atoms with Crippen molar-refractivity contribution in [1.29, 1.82) is 0 Å². The highest BCUT2D eigenvalue weighted by molar-refractivity contribution is 6.32. The zero-order chi connectivity index (χ0) is 25.4. The van der Waals surface area contributed by atoms with Gasteiger partial charge >= 0.3 is 0 Å². The Morgan fingerprint density at radius 1 is 0.972 bits per heavy atom. The van der Waals surface area contributed by atoms with Crippen LogP contribution in [0.5, 0.6) is 5.75 Å². The topological polar surface area (TPSA) is 75.7 Å². The highest BCUT2D eigenvalue weighted by atomic mass is 35.5. The van der Waals surface area contributed by atoms with E-state index >= 15 is 0 Å². The Labute approximate surface area is 216 Å². The number of hydrogen-bond donors (Lipinski definition) is 1. The molecule has 0 bridgehead atoms. The normalized spacial score (nSPS) is 18.2. The van der Waals surface area contributed by atoms with Crippen LogP contribution in [-0.4, -0.2) is 36.0 Å². The predicted molar refractivity (Wildman–Crippen MR) is 139 cm³/mol. The number of amides is 1. The van der Waals surface area contributed by atoms with Crippen molar-refractivity contribution in [3.63, 3.8) is 0 Å². The second-order valence-corrected chi connectivity index (χ2v) is 10.1. The smallest absolute Gasteiger partial charge is 0.262 e. The maximum atomic E-state index is 13.1. The monoisotopic (exact) mass is 504 g/mol. The lowest BCUT2D eigenvalue weighted by atomic mass is 9.71. The summed E-state index contributed by atoms with van der Waals surface area (Å²) >= 11 is 6.59. The van der Waals surface area contributed by atoms with Gasteiger partial charge in [-0.3, -0.25) is 14.4 Å². The number of carbonyl (C=O) groups is 3. The summed E-state index contributed by atoms with van der Waals surface area (Å²) in [6.07, 6.45) is 4.27. The number of hydrogen-bond acceptors (Lipinski definition) is 5. The fourth-order valence-corrected chi connectivity index (χ4v) is 5.72. The number of aryl methyl sites for hydroxylation is 1. The molecular formula is C29H29ClN2O4. The van der Waals surface area contributed by atoms with E-state index in [-0.39, 0.29) is 24.1 Å². The Morgan fingerprint density at radius 2 is 1.58 bits per heavy atom. The predicted octanol–water partition coefficient (Wildman–Crippen LogP) is 5.71. The molecule has 2 aromatic carbocycles. The lowest BCUT2D eigenvalue weighted by molar-refractivity contribution is -0.118. The maximum Gasteiger partial charge on any atom is 0.262 e. The Bertz CT molecular complexity index is 1270. The SMILES string of the molecule is Cc1ccc(NC(=O)COc2ccc(C3C4=C(CCCC4=O)N(C)C4=C3C(=O)CCC4)cc2Cl)cc1. The first-order valence-electron chi connectivity index (χ1n) is 12.4. The summed E-state index contributed by atoms with van der Waals surface area (Å²) in [5.41, 5.74) is 6.09. The molecule has 36 heavy (non-hydrogen) atoms. The summed E-state index contributed by atoms with van der Waals surface area (Å²) in [5, 5.41) is 3.14. The number of nitrogens with one attached hydrogen (secondary N) is 1. The fourth-order valence-electron chi connectivity index (χ4n) is 5.48. The molecule has 2 aliphatic carbocycles. The molecule has 0 fully saturated rings. The minimum atomic E-state index is -0.414. The van der Waals surface area contributed by atoms with Gasteiger partial charge in [-0.15, -0.1) is 0 Å². The molecule has 6 nitrogen and oxygen atoms in total. The van der Waals surface area contributed by atoms with Crippen molar-refractivity contribution in [3.05, 3.63) is 81.2 Å². The summed E-state index contributed by atoms with van der Waals surface area (Å²) in [5.74, 6) is -0.132. The maximum absolute atomic E-state index is 13.1. The summed E-state index contributed by atoms with van der Waals surface area (Å²) < 4.78 is 5.70. The zero-order valence-electron chi connectivity index (χ0n) is 20.5. The fraction of sp³-hybridized carbons (Fsp3) is 0.345. The van der Waals surface area contributed by atoms with Gasteiger partial charge in [-0.25, -0.2) is 0 Å². The van der Waals surface area contributed by atoms with Gasteiger partial charge in [0.15, 0.2) is 18.2 Å². The molecule has 1 heterocycles. The van der Waals surface area contributed by atoms with Crippen LogP contribution in [0.1, 0.15) is 55.6 Å². The summed E-state index contributed by atoms with van der Waals surface area (Å²) in [4.78, 5) is 40.7. The number of ketones is 2. The minimum Gasteiger partial charge on any atom is -0.482 e. The molecular weight excluding hydrogens is 476 g/mol. The van der Waals surface area contributed by atoms with Gasteiger partial charge in [-0.05, 0) is 62.4 Å². The molecule has 0 aromatic heterocycles. The molecule has 186 valence electrons. The van der Waals surface area contributed by atoms with E-state index in [1.165, 1.54) is 0 Å². The first kappa shape index (κ1) is 24.3. The molecule has 5 rings (SSSR count). The molecule has 0 radical (unpaired) electrons. The van der Waals surface area contributed by atoms with Crippen molar-refractivity contribution in [2.24, 2.45) is 0 Å². The van der Waals surface area contributed by atoms with Crippen LogP contribution >= 0.6 is 11.6 Å². The third-order valence-electron chi connectivity index (χ3n) is 7.23. The summed E-state index contributed by atoms with van der Waals surface area (Å²) in [6, 6.07) is 12.9. The highest BCUT2D eigenvalue weighted by Crippen LogP contribution is 2.49. The van der Waals surface area contributed by atoms with Crippen LogP contribution in [0.4, 0.5) is 5.69 Å². The second kappa shape index (κ2) is 9.94. The lowest BCUT2D eigenvalue weighted by Gasteiger charge is -2.42. The first-order chi connectivity index (χ1) is 17.3. The van der Waals surface area contributed by atoms with Gasteiger partial charge in [-0.2, -0.15) is 0 Å². The lowest BCUT2D eigenvalue weighted by Crippen LogP contribution is -2.37. The number of carbonyl (C=O) groups excluding carboxylic acids is 3. The van der Waals surface area contributed by atoms with Crippen molar-refractivity contribution >= 4 is 34.8 Å². The number of halogens is 1. The van der Waals surface area contributed by atoms with E-state index in [9.17, 15) is 14.4 Å². The van der Waals surface area contributed by atoms with E-state index in [0.29, 0.717) is 29.3 Å². The number of anilines is 1. The number of allylic oxidation sites excluding steroid dienone is 4. The van der Waals surface area contributed by atoms with E-state index in [1.54, 1.807) is 12.1 Å². The number of nitrogens with zero attached hydrogens (tertiary/aromatic N) is 1. The van der Waals surface area contributed by atoms with Crippen molar-refractivity contribution in [1.82, 2.24) is 4.90 Å². The molecule has 0 saturated heterocycles. The Morgan fingerprint density at radius 3 is 2.17 bits per heavy atom. The molecule has 1 N–H and O–H groups in total. The first-order valence-corrected chi connectivity index (χ1v) is 12.8. The second-order valence-electron chi connectivity index (χ2n) is 9.66. The molecule has 0 unspecified atom stereocenters. The molecule has 0 spiro atoms. The number of ether oxygens (including phenoxy) is 1.